The Morgan fingerprint density at radius 2 is 1.53 bits per heavy atom. The van der Waals surface area contributed by atoms with Crippen molar-refractivity contribution in [2.75, 3.05) is 11.4 Å². The molecule has 0 radical (unpaired) electrons. The van der Waals surface area contributed by atoms with Gasteiger partial charge in [-0.3, -0.25) is 38.5 Å². The molecule has 4 amide bonds. The number of nitrogens with one attached hydrogen (secondary N) is 1. The number of β-amino-alcohol motifs (C(OH)–C–C–N with tert-alkyl or cyclic N) is 1. The van der Waals surface area contributed by atoms with Crippen LogP contribution in [0.2, 0.25) is 0 Å². The lowest BCUT2D eigenvalue weighted by atomic mass is 9.85. The number of nitrogens with two attached hydrogens (primary N) is 2. The number of amides is 4. The molecule has 7 N–H and O–H groups in total. The highest BCUT2D eigenvalue weighted by Crippen LogP contribution is 2.40. The van der Waals surface area contributed by atoms with Gasteiger partial charge in [0.15, 0.2) is 11.6 Å². The molecule has 76 heavy (non-hydrogen) atoms. The van der Waals surface area contributed by atoms with Crippen LogP contribution in [-0.4, -0.2) is 104 Å². The van der Waals surface area contributed by atoms with Gasteiger partial charge in [0.1, 0.15) is 6.04 Å². The van der Waals surface area contributed by atoms with Crippen LogP contribution in [0.4, 0.5) is 5.69 Å². The molecular formula is C59H72N6O10S. The Labute approximate surface area is 448 Å². The second-order valence-electron chi connectivity index (χ2n) is 21.7. The Kier molecular flexibility index (Phi) is 18.8. The highest BCUT2D eigenvalue weighted by molar-refractivity contribution is 7.13. The minimum absolute atomic E-state index is 0.0271. The average Bonchev–Trinajstić information content (AvgIpc) is 4.11. The maximum absolute atomic E-state index is 14.2. The van der Waals surface area contributed by atoms with Crippen molar-refractivity contribution in [3.63, 3.8) is 0 Å². The lowest BCUT2D eigenvalue weighted by Crippen LogP contribution is -2.56. The number of primary amides is 1. The summed E-state index contributed by atoms with van der Waals surface area (Å²) in [5.74, 6) is -2.72. The van der Waals surface area contributed by atoms with E-state index in [1.807, 2.05) is 119 Å². The van der Waals surface area contributed by atoms with Crippen molar-refractivity contribution in [2.24, 2.45) is 22.8 Å². The number of carboxylic acids is 1. The first-order valence-electron chi connectivity index (χ1n) is 26.2. The van der Waals surface area contributed by atoms with E-state index in [0.29, 0.717) is 38.5 Å². The second-order valence-corrected chi connectivity index (χ2v) is 22.5. The Morgan fingerprint density at radius 3 is 2.18 bits per heavy atom. The summed E-state index contributed by atoms with van der Waals surface area (Å²) in [5.41, 5.74) is 20.7. The van der Waals surface area contributed by atoms with Crippen LogP contribution >= 0.6 is 11.3 Å². The van der Waals surface area contributed by atoms with Crippen molar-refractivity contribution in [3.05, 3.63) is 118 Å². The van der Waals surface area contributed by atoms with Crippen LogP contribution < -0.4 is 21.7 Å². The number of aliphatic hydroxyl groups excluding tert-OH is 1. The molecule has 1 saturated heterocycles. The molecule has 5 aromatic rings. The molecule has 4 aromatic carbocycles. The molecule has 0 spiro atoms. The van der Waals surface area contributed by atoms with Crippen molar-refractivity contribution < 1.29 is 48.5 Å². The summed E-state index contributed by atoms with van der Waals surface area (Å²) in [4.78, 5) is 98.6. The van der Waals surface area contributed by atoms with E-state index in [9.17, 15) is 33.9 Å². The number of anilines is 1. The van der Waals surface area contributed by atoms with E-state index in [-0.39, 0.29) is 80.5 Å². The van der Waals surface area contributed by atoms with Crippen LogP contribution in [0.1, 0.15) is 113 Å². The predicted molar refractivity (Wildman–Crippen MR) is 292 cm³/mol. The monoisotopic (exact) mass is 1060 g/mol. The van der Waals surface area contributed by atoms with Crippen molar-refractivity contribution in [1.29, 1.82) is 0 Å². The number of ketones is 2. The summed E-state index contributed by atoms with van der Waals surface area (Å²) in [5, 5.41) is 23.1. The van der Waals surface area contributed by atoms with E-state index >= 15 is 0 Å². The maximum Gasteiger partial charge on any atom is 0.300 e. The first kappa shape index (κ1) is 57.1. The molecule has 1 aromatic heterocycles. The SMILES string of the molecule is CC(=O)O.Cc1ncsc1-c1ccc(CCC(=O)[C@H]2C[C@H](O)CN2C(=O)[C@H](NC(=O)CCc2ccc3cc(CO[C@H](C)[C@H](CCC(N)=O)CC(=O)[C@@H]4Cc5cccc6c5N4C(=O)[C@@H](N)CC6)ccc3c2)C(C)(C)C)cc1. The number of aliphatic carboxylic acids is 1. The summed E-state index contributed by atoms with van der Waals surface area (Å²) in [7, 11) is 0. The minimum Gasteiger partial charge on any atom is -0.481 e. The number of hydrogen-bond acceptors (Lipinski definition) is 12. The van der Waals surface area contributed by atoms with Crippen molar-refractivity contribution in [1.82, 2.24) is 15.2 Å². The number of thiazole rings is 1. The Hall–Kier alpha value is -6.66. The van der Waals surface area contributed by atoms with E-state index in [1.165, 1.54) is 4.90 Å². The maximum atomic E-state index is 14.2. The first-order valence-corrected chi connectivity index (χ1v) is 27.1. The Bertz CT molecular complexity index is 2950. The van der Waals surface area contributed by atoms with Crippen LogP contribution in [0, 0.1) is 18.3 Å². The van der Waals surface area contributed by atoms with E-state index < -0.39 is 53.7 Å². The van der Waals surface area contributed by atoms with Crippen molar-refractivity contribution in [2.45, 2.75) is 155 Å². The third-order valence-electron chi connectivity index (χ3n) is 14.8. The lowest BCUT2D eigenvalue weighted by molar-refractivity contribution is -0.143. The van der Waals surface area contributed by atoms with Gasteiger partial charge in [0, 0.05) is 52.0 Å². The highest BCUT2D eigenvalue weighted by atomic mass is 32.1. The molecule has 8 rings (SSSR count). The van der Waals surface area contributed by atoms with Gasteiger partial charge in [-0.1, -0.05) is 93.6 Å². The molecule has 7 atom stereocenters. The largest absolute Gasteiger partial charge is 0.481 e. The van der Waals surface area contributed by atoms with Gasteiger partial charge in [0.25, 0.3) is 5.97 Å². The molecule has 3 aliphatic heterocycles. The number of nitrogens with zero attached hydrogens (tertiary/aromatic N) is 3. The van der Waals surface area contributed by atoms with Crippen LogP contribution in [0.5, 0.6) is 0 Å². The van der Waals surface area contributed by atoms with Gasteiger partial charge >= 0.3 is 0 Å². The molecule has 0 unspecified atom stereocenters. The van der Waals surface area contributed by atoms with Gasteiger partial charge in [-0.2, -0.15) is 0 Å². The topological polar surface area (TPSA) is 253 Å². The molecule has 1 fully saturated rings. The second kappa shape index (κ2) is 25.0. The number of para-hydroxylation sites is 1. The fraction of sp³-hybridized carbons (Fsp3) is 0.458. The first-order chi connectivity index (χ1) is 36.1. The molecule has 16 nitrogen and oxygen atoms in total. The number of aromatic nitrogens is 1. The number of hydrogen-bond donors (Lipinski definition) is 5. The number of fused-ring (bicyclic) bond motifs is 1. The standard InChI is InChI=1S/C57H68N6O8S.C2H4O2/c1-33-53(72-32-60-33)39-15-9-35(10-16-39)13-22-48(65)46-29-44(64)30-62(46)56(70)54(57(3,4)5)61-51(68)24-14-36-11-17-42-26-37(12-18-41(42)25-36)31-71-34(2)40(20-23-50(59)67)28-49(66)47-27-43-8-6-7-38-19-21-45(58)55(69)63(47)52(38)43;1-2(3)4/h6-12,15-18,25-26,32,34,40,44-47,54,64H,13-14,19-24,27-31,58H2,1-5H3,(H2,59,67)(H,61,68);1H3,(H,3,4)/t34-,40-,44+,45+,46-,47+,54+;/m1./s1. The number of carbonyl (C=O) groups excluding carboxylic acids is 6. The fourth-order valence-corrected chi connectivity index (χ4v) is 11.4. The predicted octanol–water partition coefficient (Wildman–Crippen LogP) is 6.97. The van der Waals surface area contributed by atoms with Gasteiger partial charge in [-0.05, 0) is 108 Å². The number of benzene rings is 4. The molecule has 4 heterocycles. The van der Waals surface area contributed by atoms with Gasteiger partial charge in [0.05, 0.1) is 58.7 Å². The van der Waals surface area contributed by atoms with E-state index in [0.717, 1.165) is 67.3 Å². The van der Waals surface area contributed by atoms with Gasteiger partial charge in [-0.15, -0.1) is 11.3 Å². The highest BCUT2D eigenvalue weighted by Gasteiger charge is 2.45. The number of carbonyl (C=O) groups is 7. The van der Waals surface area contributed by atoms with Crippen LogP contribution in [0.25, 0.3) is 21.2 Å². The van der Waals surface area contributed by atoms with Gasteiger partial charge in [-0.25, -0.2) is 4.98 Å². The third kappa shape index (κ3) is 14.2. The van der Waals surface area contributed by atoms with Gasteiger partial charge < -0.3 is 36.6 Å². The summed E-state index contributed by atoms with van der Waals surface area (Å²) in [6.45, 7) is 10.9. The minimum atomic E-state index is -0.912. The number of Topliss-reactive ketones (excluding diaryl/α,β-unsaturated/α-hetero) is 2. The molecule has 3 aliphatic rings. The zero-order chi connectivity index (χ0) is 55.0. The number of ether oxygens (including phenoxy) is 1. The zero-order valence-electron chi connectivity index (χ0n) is 44.4. The summed E-state index contributed by atoms with van der Waals surface area (Å²) < 4.78 is 6.39. The summed E-state index contributed by atoms with van der Waals surface area (Å²) in [6.07, 6.45) is 2.40. The molecular weight excluding hydrogens is 985 g/mol. The zero-order valence-corrected chi connectivity index (χ0v) is 45.2. The number of rotatable bonds is 20. The quantitative estimate of drug-likeness (QED) is 0.0530. The number of aryl methyl sites for hydroxylation is 4. The smallest absolute Gasteiger partial charge is 0.300 e. The van der Waals surface area contributed by atoms with E-state index in [4.69, 9.17) is 26.1 Å². The van der Waals surface area contributed by atoms with Crippen molar-refractivity contribution >= 4 is 69.0 Å². The van der Waals surface area contributed by atoms with Crippen LogP contribution in [-0.2, 0) is 70.6 Å². The van der Waals surface area contributed by atoms with Crippen molar-refractivity contribution in [3.8, 4) is 10.4 Å². The molecule has 0 saturated carbocycles. The number of carboxylic acid groups (broad SMARTS) is 1. The molecule has 17 heteroatoms. The summed E-state index contributed by atoms with van der Waals surface area (Å²) >= 11 is 1.59. The fourth-order valence-electron chi connectivity index (χ4n) is 10.6. The molecule has 0 aliphatic carbocycles. The average molecular weight is 1060 g/mol. The lowest BCUT2D eigenvalue weighted by Gasteiger charge is -2.35. The van der Waals surface area contributed by atoms with Crippen LogP contribution in [0.3, 0.4) is 0 Å². The number of aliphatic hydroxyl groups is 1. The third-order valence-corrected chi connectivity index (χ3v) is 15.8. The molecule has 404 valence electrons. The normalized spacial score (nSPS) is 19.2. The molecule has 0 bridgehead atoms. The summed E-state index contributed by atoms with van der Waals surface area (Å²) in [6, 6.07) is 23.0. The van der Waals surface area contributed by atoms with E-state index in [2.05, 4.69) is 10.3 Å². The Balaban J connectivity index is 0.00000203. The number of likely N-dealkylation sites (tertiary alicyclic amines) is 1. The van der Waals surface area contributed by atoms with E-state index in [1.54, 1.807) is 16.2 Å². The van der Waals surface area contributed by atoms with Gasteiger partial charge in [0.2, 0.25) is 23.6 Å². The van der Waals surface area contributed by atoms with Crippen LogP contribution in [0.15, 0.2) is 84.4 Å². The Morgan fingerprint density at radius 1 is 0.882 bits per heavy atom.